The summed E-state index contributed by atoms with van der Waals surface area (Å²) in [6, 6.07) is 25.8. The third-order valence-corrected chi connectivity index (χ3v) is 5.73. The second-order valence-corrected chi connectivity index (χ2v) is 8.34. The number of hydrogen-bond acceptors (Lipinski definition) is 6. The van der Waals surface area contributed by atoms with Gasteiger partial charge in [0, 0.05) is 0 Å². The van der Waals surface area contributed by atoms with E-state index in [4.69, 9.17) is 14.2 Å². The van der Waals surface area contributed by atoms with Crippen LogP contribution in [0, 0.1) is 11.3 Å². The van der Waals surface area contributed by atoms with Crippen LogP contribution in [0.5, 0.6) is 0 Å². The molecule has 6 heteroatoms. The van der Waals surface area contributed by atoms with E-state index in [0.717, 1.165) is 0 Å². The lowest BCUT2D eigenvalue weighted by molar-refractivity contribution is -0.0570. The van der Waals surface area contributed by atoms with Crippen LogP contribution in [-0.4, -0.2) is 37.7 Å². The lowest BCUT2D eigenvalue weighted by Crippen LogP contribution is -2.43. The molecule has 0 saturated heterocycles. The van der Waals surface area contributed by atoms with Crippen molar-refractivity contribution in [3.63, 3.8) is 0 Å². The zero-order chi connectivity index (χ0) is 24.4. The van der Waals surface area contributed by atoms with Crippen LogP contribution in [0.25, 0.3) is 0 Å². The first-order valence-corrected chi connectivity index (χ1v) is 11.1. The zero-order valence-electron chi connectivity index (χ0n) is 19.3. The highest BCUT2D eigenvalue weighted by atomic mass is 16.6. The second kappa shape index (κ2) is 11.8. The summed E-state index contributed by atoms with van der Waals surface area (Å²) in [6.07, 6.45) is 0. The molecule has 176 valence electrons. The molecule has 0 aliphatic heterocycles. The van der Waals surface area contributed by atoms with Gasteiger partial charge in [0.05, 0.1) is 22.1 Å². The zero-order valence-corrected chi connectivity index (χ0v) is 19.3. The molecule has 6 nitrogen and oxygen atoms in total. The van der Waals surface area contributed by atoms with Gasteiger partial charge in [-0.05, 0) is 42.3 Å². The van der Waals surface area contributed by atoms with Crippen LogP contribution in [0.1, 0.15) is 44.9 Å². The number of carbonyl (C=O) groups is 3. The first kappa shape index (κ1) is 24.7. The summed E-state index contributed by atoms with van der Waals surface area (Å²) in [5.74, 6) is -1.67. The van der Waals surface area contributed by atoms with Crippen molar-refractivity contribution in [2.24, 2.45) is 11.3 Å². The van der Waals surface area contributed by atoms with Crippen LogP contribution in [-0.2, 0) is 14.2 Å². The highest BCUT2D eigenvalue weighted by molar-refractivity contribution is 5.90. The van der Waals surface area contributed by atoms with E-state index in [-0.39, 0.29) is 25.7 Å². The molecule has 0 amide bonds. The van der Waals surface area contributed by atoms with E-state index in [1.54, 1.807) is 91.0 Å². The van der Waals surface area contributed by atoms with Crippen LogP contribution in [0.15, 0.2) is 91.0 Å². The van der Waals surface area contributed by atoms with Gasteiger partial charge in [-0.2, -0.15) is 0 Å². The summed E-state index contributed by atoms with van der Waals surface area (Å²) in [4.78, 5) is 37.8. The largest absolute Gasteiger partial charge is 0.461 e. The highest BCUT2D eigenvalue weighted by Gasteiger charge is 2.39. The van der Waals surface area contributed by atoms with E-state index in [2.05, 4.69) is 0 Å². The summed E-state index contributed by atoms with van der Waals surface area (Å²) in [6.45, 7) is 3.53. The minimum atomic E-state index is -0.945. The average Bonchev–Trinajstić information content (AvgIpc) is 2.89. The molecule has 0 aliphatic carbocycles. The van der Waals surface area contributed by atoms with Gasteiger partial charge in [0.2, 0.25) is 0 Å². The summed E-state index contributed by atoms with van der Waals surface area (Å²) >= 11 is 0. The first-order chi connectivity index (χ1) is 16.4. The Balaban J connectivity index is 1.77. The molecule has 0 aliphatic rings. The molecule has 0 atom stereocenters. The number of benzene rings is 3. The summed E-state index contributed by atoms with van der Waals surface area (Å²) < 4.78 is 16.8. The molecule has 0 fully saturated rings. The average molecular weight is 461 g/mol. The van der Waals surface area contributed by atoms with Crippen molar-refractivity contribution in [3.8, 4) is 0 Å². The molecular formula is C28H28O6. The predicted octanol–water partition coefficient (Wildman–Crippen LogP) is 5.20. The monoisotopic (exact) mass is 460 g/mol. The van der Waals surface area contributed by atoms with Crippen molar-refractivity contribution < 1.29 is 28.6 Å². The second-order valence-electron chi connectivity index (χ2n) is 8.34. The number of carbonyl (C=O) groups excluding carboxylic acids is 3. The normalized spacial score (nSPS) is 11.0. The Bertz CT molecular complexity index is 943. The molecule has 34 heavy (non-hydrogen) atoms. The van der Waals surface area contributed by atoms with E-state index in [1.807, 2.05) is 13.8 Å². The molecule has 0 N–H and O–H groups in total. The lowest BCUT2D eigenvalue weighted by Gasteiger charge is -2.35. The topological polar surface area (TPSA) is 78.9 Å². The van der Waals surface area contributed by atoms with E-state index in [0.29, 0.717) is 16.7 Å². The van der Waals surface area contributed by atoms with Crippen molar-refractivity contribution in [2.75, 3.05) is 19.8 Å². The maximum atomic E-state index is 12.6. The number of ether oxygens (including phenoxy) is 3. The molecule has 0 saturated carbocycles. The SMILES string of the molecule is CC(C)C(COC(=O)c1ccccc1)(COC(=O)c1ccccc1)COC(=O)c1ccccc1. The summed E-state index contributed by atoms with van der Waals surface area (Å²) in [7, 11) is 0. The van der Waals surface area contributed by atoms with E-state index < -0.39 is 23.3 Å². The van der Waals surface area contributed by atoms with Crippen molar-refractivity contribution in [3.05, 3.63) is 108 Å². The Labute approximate surface area is 199 Å². The molecule has 0 aromatic heterocycles. The van der Waals surface area contributed by atoms with Crippen LogP contribution >= 0.6 is 0 Å². The van der Waals surface area contributed by atoms with Gasteiger partial charge in [-0.1, -0.05) is 68.4 Å². The van der Waals surface area contributed by atoms with Gasteiger partial charge in [0.25, 0.3) is 0 Å². The quantitative estimate of drug-likeness (QED) is 0.306. The predicted molar refractivity (Wildman–Crippen MR) is 127 cm³/mol. The van der Waals surface area contributed by atoms with Crippen LogP contribution < -0.4 is 0 Å². The van der Waals surface area contributed by atoms with Gasteiger partial charge >= 0.3 is 17.9 Å². The van der Waals surface area contributed by atoms with Crippen molar-refractivity contribution in [1.29, 1.82) is 0 Å². The fraction of sp³-hybridized carbons (Fsp3) is 0.250. The van der Waals surface area contributed by atoms with Crippen LogP contribution in [0.3, 0.4) is 0 Å². The number of rotatable bonds is 10. The highest BCUT2D eigenvalue weighted by Crippen LogP contribution is 2.31. The van der Waals surface area contributed by atoms with Gasteiger partial charge in [-0.25, -0.2) is 14.4 Å². The molecule has 0 spiro atoms. The minimum Gasteiger partial charge on any atom is -0.461 e. The van der Waals surface area contributed by atoms with Crippen molar-refractivity contribution in [2.45, 2.75) is 13.8 Å². The Kier molecular flexibility index (Phi) is 8.57. The molecule has 0 unspecified atom stereocenters. The molecular weight excluding hydrogens is 432 g/mol. The molecule has 3 rings (SSSR count). The summed E-state index contributed by atoms with van der Waals surface area (Å²) in [5, 5.41) is 0. The minimum absolute atomic E-state index is 0.0947. The first-order valence-electron chi connectivity index (χ1n) is 11.1. The van der Waals surface area contributed by atoms with E-state index >= 15 is 0 Å². The fourth-order valence-electron chi connectivity index (χ4n) is 3.23. The smallest absolute Gasteiger partial charge is 0.338 e. The number of esters is 3. The van der Waals surface area contributed by atoms with Gasteiger partial charge in [0.15, 0.2) is 0 Å². The third-order valence-electron chi connectivity index (χ3n) is 5.73. The van der Waals surface area contributed by atoms with Gasteiger partial charge in [-0.15, -0.1) is 0 Å². The van der Waals surface area contributed by atoms with Crippen molar-refractivity contribution >= 4 is 17.9 Å². The molecule has 0 radical (unpaired) electrons. The maximum Gasteiger partial charge on any atom is 0.338 e. The molecule has 3 aromatic carbocycles. The Hall–Kier alpha value is -3.93. The third kappa shape index (κ3) is 6.54. The van der Waals surface area contributed by atoms with Crippen molar-refractivity contribution in [1.82, 2.24) is 0 Å². The standard InChI is InChI=1S/C28H28O6/c1-21(2)28(18-32-25(29)22-12-6-3-7-13-22,19-33-26(30)23-14-8-4-9-15-23)20-34-27(31)24-16-10-5-11-17-24/h3-17,21H,18-20H2,1-2H3. The Morgan fingerprint density at radius 2 is 0.824 bits per heavy atom. The maximum absolute atomic E-state index is 12.6. The fourth-order valence-corrected chi connectivity index (χ4v) is 3.23. The lowest BCUT2D eigenvalue weighted by atomic mass is 9.79. The van der Waals surface area contributed by atoms with Gasteiger partial charge < -0.3 is 14.2 Å². The van der Waals surface area contributed by atoms with E-state index in [9.17, 15) is 14.4 Å². The molecule has 0 bridgehead atoms. The Morgan fingerprint density at radius 1 is 0.559 bits per heavy atom. The summed E-state index contributed by atoms with van der Waals surface area (Å²) in [5.41, 5.74) is 0.271. The molecule has 0 heterocycles. The number of hydrogen-bond donors (Lipinski definition) is 0. The van der Waals surface area contributed by atoms with Crippen LogP contribution in [0.2, 0.25) is 0 Å². The van der Waals surface area contributed by atoms with Gasteiger partial charge in [0.1, 0.15) is 19.8 Å². The van der Waals surface area contributed by atoms with E-state index in [1.165, 1.54) is 0 Å². The van der Waals surface area contributed by atoms with Crippen LogP contribution in [0.4, 0.5) is 0 Å². The Morgan fingerprint density at radius 3 is 1.06 bits per heavy atom. The van der Waals surface area contributed by atoms with Gasteiger partial charge in [-0.3, -0.25) is 0 Å². The molecule has 3 aromatic rings.